The number of hydrogen-bond acceptors (Lipinski definition) is 2. The van der Waals surface area contributed by atoms with E-state index in [1.54, 1.807) is 0 Å². The Labute approximate surface area is 146 Å². The first-order chi connectivity index (χ1) is 10.5. The molecule has 1 heterocycles. The number of benzene rings is 1. The number of rotatable bonds is 2. The van der Waals surface area contributed by atoms with Crippen LogP contribution in [0.25, 0.3) is 0 Å². The van der Waals surface area contributed by atoms with Crippen molar-refractivity contribution in [3.05, 3.63) is 35.4 Å². The van der Waals surface area contributed by atoms with E-state index in [2.05, 4.69) is 43.0 Å². The van der Waals surface area contributed by atoms with E-state index in [4.69, 9.17) is 5.73 Å². The van der Waals surface area contributed by atoms with E-state index in [1.165, 1.54) is 17.5 Å². The molecular formula is C19H29ClN2O. The van der Waals surface area contributed by atoms with Crippen LogP contribution in [0.3, 0.4) is 0 Å². The molecule has 0 radical (unpaired) electrons. The fraction of sp³-hybridized carbons (Fsp3) is 0.632. The van der Waals surface area contributed by atoms with Gasteiger partial charge in [0.2, 0.25) is 5.91 Å². The van der Waals surface area contributed by atoms with Crippen LogP contribution in [0.15, 0.2) is 24.3 Å². The number of likely N-dealkylation sites (tertiary alicyclic amines) is 1. The van der Waals surface area contributed by atoms with Gasteiger partial charge in [-0.15, -0.1) is 12.4 Å². The van der Waals surface area contributed by atoms with Crippen molar-refractivity contribution in [2.45, 2.75) is 69.9 Å². The van der Waals surface area contributed by atoms with Gasteiger partial charge in [-0.1, -0.05) is 43.5 Å². The molecule has 128 valence electrons. The molecule has 2 atom stereocenters. The molecule has 1 saturated heterocycles. The minimum atomic E-state index is -0.604. The first-order valence-corrected chi connectivity index (χ1v) is 8.67. The van der Waals surface area contributed by atoms with E-state index >= 15 is 0 Å². The van der Waals surface area contributed by atoms with Crippen LogP contribution >= 0.6 is 12.4 Å². The number of aryl methyl sites for hydroxylation is 1. The Kier molecular flexibility index (Phi) is 5.74. The van der Waals surface area contributed by atoms with Gasteiger partial charge in [-0.2, -0.15) is 0 Å². The molecule has 0 spiro atoms. The summed E-state index contributed by atoms with van der Waals surface area (Å²) in [4.78, 5) is 15.1. The molecule has 2 fully saturated rings. The zero-order chi connectivity index (χ0) is 15.7. The predicted molar refractivity (Wildman–Crippen MR) is 97.0 cm³/mol. The Morgan fingerprint density at radius 1 is 1.22 bits per heavy atom. The topological polar surface area (TPSA) is 46.3 Å². The number of nitrogens with zero attached hydrogens (tertiary/aromatic N) is 1. The van der Waals surface area contributed by atoms with Gasteiger partial charge in [-0.3, -0.25) is 4.79 Å². The van der Waals surface area contributed by atoms with Crippen molar-refractivity contribution in [3.63, 3.8) is 0 Å². The van der Waals surface area contributed by atoms with Crippen molar-refractivity contribution in [1.82, 2.24) is 4.90 Å². The van der Waals surface area contributed by atoms with Crippen molar-refractivity contribution in [2.75, 3.05) is 6.54 Å². The van der Waals surface area contributed by atoms with E-state index in [0.717, 1.165) is 38.6 Å². The Hall–Kier alpha value is -1.06. The molecule has 3 nitrogen and oxygen atoms in total. The SMILES string of the molecule is Cc1ccccc1C1CC(C)N(C(=O)C2(N)CCCCC2)C1.Cl. The van der Waals surface area contributed by atoms with Gasteiger partial charge < -0.3 is 10.6 Å². The van der Waals surface area contributed by atoms with E-state index in [0.29, 0.717) is 12.0 Å². The standard InChI is InChI=1S/C19H28N2O.ClH/c1-14-8-4-5-9-17(14)16-12-15(2)21(13-16)18(22)19(20)10-6-3-7-11-19;/h4-5,8-9,15-16H,3,6-7,10-13,20H2,1-2H3;1H. The predicted octanol–water partition coefficient (Wildman–Crippen LogP) is 3.78. The molecule has 1 aromatic carbocycles. The number of amides is 1. The van der Waals surface area contributed by atoms with Gasteiger partial charge in [0, 0.05) is 18.5 Å². The molecular weight excluding hydrogens is 308 g/mol. The van der Waals surface area contributed by atoms with Crippen LogP contribution in [0, 0.1) is 6.92 Å². The summed E-state index contributed by atoms with van der Waals surface area (Å²) in [5, 5.41) is 0. The monoisotopic (exact) mass is 336 g/mol. The number of carbonyl (C=O) groups excluding carboxylic acids is 1. The molecule has 1 aliphatic heterocycles. The van der Waals surface area contributed by atoms with Gasteiger partial charge in [0.05, 0.1) is 5.54 Å². The van der Waals surface area contributed by atoms with Crippen LogP contribution in [0.4, 0.5) is 0 Å². The van der Waals surface area contributed by atoms with E-state index in [1.807, 2.05) is 0 Å². The summed E-state index contributed by atoms with van der Waals surface area (Å²) >= 11 is 0. The van der Waals surface area contributed by atoms with E-state index < -0.39 is 5.54 Å². The Morgan fingerprint density at radius 2 is 1.87 bits per heavy atom. The van der Waals surface area contributed by atoms with Crippen LogP contribution in [0.2, 0.25) is 0 Å². The average molecular weight is 337 g/mol. The number of halogens is 1. The minimum absolute atomic E-state index is 0. The van der Waals surface area contributed by atoms with Gasteiger partial charge >= 0.3 is 0 Å². The van der Waals surface area contributed by atoms with Gasteiger partial charge in [-0.05, 0) is 44.2 Å². The lowest BCUT2D eigenvalue weighted by molar-refractivity contribution is -0.138. The highest BCUT2D eigenvalue weighted by atomic mass is 35.5. The summed E-state index contributed by atoms with van der Waals surface area (Å²) in [6, 6.07) is 8.84. The maximum Gasteiger partial charge on any atom is 0.242 e. The van der Waals surface area contributed by atoms with Crippen molar-refractivity contribution in [2.24, 2.45) is 5.73 Å². The molecule has 3 rings (SSSR count). The first kappa shape index (κ1) is 18.3. The average Bonchev–Trinajstić information content (AvgIpc) is 2.89. The number of nitrogens with two attached hydrogens (primary N) is 1. The third-order valence-electron chi connectivity index (χ3n) is 5.64. The first-order valence-electron chi connectivity index (χ1n) is 8.67. The van der Waals surface area contributed by atoms with Crippen LogP contribution in [0.5, 0.6) is 0 Å². The van der Waals surface area contributed by atoms with Gasteiger partial charge in [0.1, 0.15) is 0 Å². The molecule has 0 aromatic heterocycles. The summed E-state index contributed by atoms with van der Waals surface area (Å²) in [5.74, 6) is 0.642. The van der Waals surface area contributed by atoms with Crippen LogP contribution < -0.4 is 5.73 Å². The summed E-state index contributed by atoms with van der Waals surface area (Å²) < 4.78 is 0. The highest BCUT2D eigenvalue weighted by Gasteiger charge is 2.43. The highest BCUT2D eigenvalue weighted by Crippen LogP contribution is 2.36. The normalized spacial score (nSPS) is 26.7. The second kappa shape index (κ2) is 7.23. The third kappa shape index (κ3) is 3.56. The number of carbonyl (C=O) groups is 1. The van der Waals surface area contributed by atoms with Gasteiger partial charge in [-0.25, -0.2) is 0 Å². The van der Waals surface area contributed by atoms with Crippen LogP contribution in [0.1, 0.15) is 62.5 Å². The molecule has 4 heteroatoms. The van der Waals surface area contributed by atoms with Crippen molar-refractivity contribution >= 4 is 18.3 Å². The Balaban J connectivity index is 0.00000192. The zero-order valence-electron chi connectivity index (χ0n) is 14.3. The summed E-state index contributed by atoms with van der Waals surface area (Å²) in [6.45, 7) is 5.15. The maximum absolute atomic E-state index is 13.0. The van der Waals surface area contributed by atoms with Gasteiger partial charge in [0.15, 0.2) is 0 Å². The second-order valence-corrected chi connectivity index (χ2v) is 7.31. The molecule has 2 N–H and O–H groups in total. The van der Waals surface area contributed by atoms with E-state index in [9.17, 15) is 4.79 Å². The second-order valence-electron chi connectivity index (χ2n) is 7.31. The zero-order valence-corrected chi connectivity index (χ0v) is 15.1. The quantitative estimate of drug-likeness (QED) is 0.893. The molecule has 0 bridgehead atoms. The smallest absolute Gasteiger partial charge is 0.242 e. The lowest BCUT2D eigenvalue weighted by Crippen LogP contribution is -2.57. The molecule has 23 heavy (non-hydrogen) atoms. The van der Waals surface area contributed by atoms with Gasteiger partial charge in [0.25, 0.3) is 0 Å². The fourth-order valence-corrected chi connectivity index (χ4v) is 4.27. The molecule has 1 saturated carbocycles. The summed E-state index contributed by atoms with van der Waals surface area (Å²) in [6.07, 6.45) is 6.14. The third-order valence-corrected chi connectivity index (χ3v) is 5.64. The Bertz CT molecular complexity index is 554. The molecule has 1 aromatic rings. The van der Waals surface area contributed by atoms with Crippen LogP contribution in [-0.2, 0) is 4.79 Å². The van der Waals surface area contributed by atoms with Crippen molar-refractivity contribution < 1.29 is 4.79 Å². The highest BCUT2D eigenvalue weighted by molar-refractivity contribution is 5.87. The minimum Gasteiger partial charge on any atom is -0.338 e. The molecule has 2 aliphatic rings. The van der Waals surface area contributed by atoms with Crippen molar-refractivity contribution in [1.29, 1.82) is 0 Å². The summed E-state index contributed by atoms with van der Waals surface area (Å²) in [5.41, 5.74) is 8.58. The largest absolute Gasteiger partial charge is 0.338 e. The molecule has 2 unspecified atom stereocenters. The molecule has 1 amide bonds. The molecule has 1 aliphatic carbocycles. The van der Waals surface area contributed by atoms with E-state index in [-0.39, 0.29) is 18.3 Å². The Morgan fingerprint density at radius 3 is 2.52 bits per heavy atom. The van der Waals surface area contributed by atoms with Crippen molar-refractivity contribution in [3.8, 4) is 0 Å². The maximum atomic E-state index is 13.0. The van der Waals surface area contributed by atoms with Crippen LogP contribution in [-0.4, -0.2) is 28.9 Å². The fourth-order valence-electron chi connectivity index (χ4n) is 4.27. The summed E-state index contributed by atoms with van der Waals surface area (Å²) in [7, 11) is 0. The number of hydrogen-bond donors (Lipinski definition) is 1. The lowest BCUT2D eigenvalue weighted by Gasteiger charge is -2.37. The lowest BCUT2D eigenvalue weighted by atomic mass is 9.81.